The molecule has 114 valence electrons. The number of hydrogen-bond acceptors (Lipinski definition) is 2. The monoisotopic (exact) mass is 294 g/mol. The summed E-state index contributed by atoms with van der Waals surface area (Å²) in [6.45, 7) is 4.20. The van der Waals surface area contributed by atoms with Gasteiger partial charge in [-0.2, -0.15) is 0 Å². The quantitative estimate of drug-likeness (QED) is 0.836. The van der Waals surface area contributed by atoms with E-state index in [0.717, 1.165) is 30.9 Å². The van der Waals surface area contributed by atoms with Gasteiger partial charge in [0.15, 0.2) is 0 Å². The fourth-order valence-electron chi connectivity index (χ4n) is 3.69. The van der Waals surface area contributed by atoms with Crippen LogP contribution in [0.25, 0.3) is 0 Å². The lowest BCUT2D eigenvalue weighted by atomic mass is 9.80. The Morgan fingerprint density at radius 3 is 2.71 bits per heavy atom. The van der Waals surface area contributed by atoms with Crippen molar-refractivity contribution in [2.75, 3.05) is 0 Å². The van der Waals surface area contributed by atoms with Gasteiger partial charge in [0.2, 0.25) is 5.91 Å². The maximum atomic E-state index is 13.9. The molecule has 0 aromatic carbocycles. The Labute approximate surface area is 123 Å². The van der Waals surface area contributed by atoms with E-state index >= 15 is 0 Å². The molecule has 1 aromatic rings. The number of carbonyl (C=O) groups is 1. The number of hydrogen-bond donors (Lipinski definition) is 0. The van der Waals surface area contributed by atoms with Crippen molar-refractivity contribution in [1.29, 1.82) is 0 Å². The summed E-state index contributed by atoms with van der Waals surface area (Å²) in [5.41, 5.74) is 0.397. The van der Waals surface area contributed by atoms with E-state index in [1.165, 1.54) is 6.92 Å². The molecule has 0 aliphatic carbocycles. The van der Waals surface area contributed by atoms with Crippen LogP contribution < -0.4 is 0 Å². The maximum absolute atomic E-state index is 13.9. The van der Waals surface area contributed by atoms with Gasteiger partial charge in [-0.15, -0.1) is 0 Å². The van der Waals surface area contributed by atoms with Gasteiger partial charge >= 0.3 is 0 Å². The van der Waals surface area contributed by atoms with E-state index in [9.17, 15) is 13.6 Å². The van der Waals surface area contributed by atoms with Gasteiger partial charge in [-0.1, -0.05) is 6.07 Å². The predicted octanol–water partition coefficient (Wildman–Crippen LogP) is 3.49. The summed E-state index contributed by atoms with van der Waals surface area (Å²) in [5, 5.41) is 0. The Hall–Kier alpha value is -1.52. The summed E-state index contributed by atoms with van der Waals surface area (Å²) in [4.78, 5) is 18.5. The zero-order valence-corrected chi connectivity index (χ0v) is 12.6. The molecule has 0 unspecified atom stereocenters. The number of nitrogens with zero attached hydrogens (tertiary/aromatic N) is 2. The molecule has 5 heteroatoms. The first-order valence-electron chi connectivity index (χ1n) is 7.36. The van der Waals surface area contributed by atoms with Crippen LogP contribution in [-0.4, -0.2) is 27.8 Å². The molecule has 2 aliphatic rings. The van der Waals surface area contributed by atoms with Gasteiger partial charge in [0.05, 0.1) is 6.04 Å². The minimum Gasteiger partial charge on any atom is -0.332 e. The van der Waals surface area contributed by atoms with Crippen LogP contribution in [0.1, 0.15) is 50.3 Å². The number of rotatable bonds is 2. The van der Waals surface area contributed by atoms with Gasteiger partial charge in [-0.3, -0.25) is 9.78 Å². The smallest absolute Gasteiger partial charge is 0.259 e. The number of carbonyl (C=O) groups excluding carboxylic acids is 1. The predicted molar refractivity (Wildman–Crippen MR) is 74.9 cm³/mol. The van der Waals surface area contributed by atoms with Crippen molar-refractivity contribution >= 4 is 5.91 Å². The van der Waals surface area contributed by atoms with Crippen molar-refractivity contribution in [2.24, 2.45) is 5.41 Å². The first-order valence-corrected chi connectivity index (χ1v) is 7.36. The average Bonchev–Trinajstić information content (AvgIpc) is 2.89. The lowest BCUT2D eigenvalue weighted by Crippen LogP contribution is -2.44. The van der Waals surface area contributed by atoms with Crippen molar-refractivity contribution in [3.63, 3.8) is 0 Å². The minimum atomic E-state index is -3.00. The lowest BCUT2D eigenvalue weighted by Gasteiger charge is -2.31. The van der Waals surface area contributed by atoms with E-state index in [4.69, 9.17) is 0 Å². The number of pyridine rings is 1. The van der Waals surface area contributed by atoms with E-state index in [-0.39, 0.29) is 18.5 Å². The molecular formula is C16H20F2N2O. The molecule has 1 aromatic heterocycles. The van der Waals surface area contributed by atoms with Crippen molar-refractivity contribution in [3.8, 4) is 0 Å². The normalized spacial score (nSPS) is 32.6. The van der Waals surface area contributed by atoms with E-state index in [2.05, 4.69) is 4.98 Å². The zero-order chi connectivity index (χ0) is 15.4. The fourth-order valence-corrected chi connectivity index (χ4v) is 3.69. The fraction of sp³-hybridized carbons (Fsp3) is 0.625. The van der Waals surface area contributed by atoms with E-state index < -0.39 is 17.2 Å². The van der Waals surface area contributed by atoms with Crippen LogP contribution in [0.2, 0.25) is 0 Å². The Bertz CT molecular complexity index is 584. The van der Waals surface area contributed by atoms with Gasteiger partial charge in [-0.25, -0.2) is 8.78 Å². The van der Waals surface area contributed by atoms with Crippen molar-refractivity contribution in [3.05, 3.63) is 29.6 Å². The van der Waals surface area contributed by atoms with E-state index in [0.29, 0.717) is 0 Å². The number of aromatic nitrogens is 1. The van der Waals surface area contributed by atoms with Crippen LogP contribution in [0.15, 0.2) is 18.5 Å². The summed E-state index contributed by atoms with van der Waals surface area (Å²) in [6, 6.07) is 1.81. The highest BCUT2D eigenvalue weighted by molar-refractivity contribution is 5.87. The number of halogens is 2. The Morgan fingerprint density at radius 1 is 1.38 bits per heavy atom. The topological polar surface area (TPSA) is 33.2 Å². The van der Waals surface area contributed by atoms with Crippen molar-refractivity contribution in [1.82, 2.24) is 9.88 Å². The van der Waals surface area contributed by atoms with Crippen LogP contribution in [-0.2, 0) is 4.79 Å². The van der Waals surface area contributed by atoms with E-state index in [1.807, 2.05) is 13.0 Å². The largest absolute Gasteiger partial charge is 0.332 e. The Morgan fingerprint density at radius 2 is 2.10 bits per heavy atom. The van der Waals surface area contributed by atoms with Crippen LogP contribution in [0.5, 0.6) is 0 Å². The SMILES string of the molecule is Cc1cncc([C@H]2CC[C@@H]3C[C@](C)(C(C)(F)F)C(=O)N32)c1. The number of fused-ring (bicyclic) bond motifs is 1. The van der Waals surface area contributed by atoms with Gasteiger partial charge in [0.1, 0.15) is 5.41 Å². The second-order valence-electron chi connectivity index (χ2n) is 6.68. The molecule has 2 fully saturated rings. The third-order valence-corrected chi connectivity index (χ3v) is 5.10. The molecule has 0 N–H and O–H groups in total. The molecule has 0 saturated carbocycles. The summed E-state index contributed by atoms with van der Waals surface area (Å²) < 4.78 is 27.8. The van der Waals surface area contributed by atoms with Gasteiger partial charge < -0.3 is 4.90 Å². The van der Waals surface area contributed by atoms with Gasteiger partial charge in [0.25, 0.3) is 5.92 Å². The zero-order valence-electron chi connectivity index (χ0n) is 12.6. The molecule has 2 aliphatic heterocycles. The first kappa shape index (κ1) is 14.4. The molecule has 0 bridgehead atoms. The standard InChI is InChI=1S/C16H20F2N2O/c1-10-6-11(9-19-8-10)13-5-4-12-7-15(2,16(3,17)18)14(21)20(12)13/h6,8-9,12-13H,4-5,7H2,1-3H3/t12-,13-,15+/m1/s1. The molecule has 2 saturated heterocycles. The van der Waals surface area contributed by atoms with Gasteiger partial charge in [0, 0.05) is 25.4 Å². The number of alkyl halides is 2. The second-order valence-corrected chi connectivity index (χ2v) is 6.68. The number of amides is 1. The highest BCUT2D eigenvalue weighted by Crippen LogP contribution is 2.54. The van der Waals surface area contributed by atoms with E-state index in [1.54, 1.807) is 17.3 Å². The molecular weight excluding hydrogens is 274 g/mol. The molecule has 0 radical (unpaired) electrons. The highest BCUT2D eigenvalue weighted by Gasteiger charge is 2.62. The summed E-state index contributed by atoms with van der Waals surface area (Å²) in [7, 11) is 0. The highest BCUT2D eigenvalue weighted by atomic mass is 19.3. The summed E-state index contributed by atoms with van der Waals surface area (Å²) in [6.07, 6.45) is 5.35. The molecule has 3 heterocycles. The van der Waals surface area contributed by atoms with Gasteiger partial charge in [-0.05, 0) is 44.2 Å². The molecule has 1 amide bonds. The molecule has 21 heavy (non-hydrogen) atoms. The average molecular weight is 294 g/mol. The minimum absolute atomic E-state index is 0.0705. The van der Waals surface area contributed by atoms with Crippen molar-refractivity contribution < 1.29 is 13.6 Å². The summed E-state index contributed by atoms with van der Waals surface area (Å²) in [5.74, 6) is -3.41. The maximum Gasteiger partial charge on any atom is 0.259 e. The van der Waals surface area contributed by atoms with Crippen LogP contribution in [0.4, 0.5) is 8.78 Å². The molecule has 3 nitrogen and oxygen atoms in total. The second kappa shape index (κ2) is 4.49. The van der Waals surface area contributed by atoms with Crippen LogP contribution in [0.3, 0.4) is 0 Å². The first-order chi connectivity index (χ1) is 9.74. The number of aryl methyl sites for hydroxylation is 1. The summed E-state index contributed by atoms with van der Waals surface area (Å²) >= 11 is 0. The molecule has 3 rings (SSSR count). The third-order valence-electron chi connectivity index (χ3n) is 5.10. The van der Waals surface area contributed by atoms with Crippen molar-refractivity contribution in [2.45, 2.75) is 58.0 Å². The van der Waals surface area contributed by atoms with Crippen LogP contribution in [0, 0.1) is 12.3 Å². The lowest BCUT2D eigenvalue weighted by molar-refractivity contribution is -0.156. The third kappa shape index (κ3) is 2.05. The molecule has 3 atom stereocenters. The molecule has 0 spiro atoms. The Kier molecular flexibility index (Phi) is 3.08. The van der Waals surface area contributed by atoms with Crippen LogP contribution >= 0.6 is 0 Å². The Balaban J connectivity index is 1.95.